The van der Waals surface area contributed by atoms with Crippen LogP contribution in [0.4, 0.5) is 0 Å². The highest BCUT2D eigenvalue weighted by Crippen LogP contribution is 2.24. The highest BCUT2D eigenvalue weighted by Gasteiger charge is 2.12. The Bertz CT molecular complexity index is 937. The molecule has 2 aliphatic carbocycles. The molecule has 0 saturated carbocycles. The second-order valence-electron chi connectivity index (χ2n) is 5.88. The molecule has 126 valence electrons. The van der Waals surface area contributed by atoms with Gasteiger partial charge < -0.3 is 4.90 Å². The molecule has 0 amide bonds. The Hall–Kier alpha value is -3.81. The SMILES string of the molecule is CN(C)C1=C/C=C\CC(=C\C=C2\C=CC(C(C#N)=C(C#N)C#N)=C2)/C=C\1. The molecule has 0 aromatic heterocycles. The van der Waals surface area contributed by atoms with Gasteiger partial charge in [-0.2, -0.15) is 15.8 Å². The summed E-state index contributed by atoms with van der Waals surface area (Å²) in [6.07, 6.45) is 20.6. The van der Waals surface area contributed by atoms with Crippen molar-refractivity contribution >= 4 is 0 Å². The van der Waals surface area contributed by atoms with Crippen molar-refractivity contribution in [3.63, 3.8) is 0 Å². The maximum Gasteiger partial charge on any atom is 0.148 e. The number of allylic oxidation sites excluding steroid dienone is 15. The topological polar surface area (TPSA) is 74.6 Å². The first kappa shape index (κ1) is 18.5. The van der Waals surface area contributed by atoms with E-state index in [9.17, 15) is 5.26 Å². The quantitative estimate of drug-likeness (QED) is 0.724. The van der Waals surface area contributed by atoms with Crippen molar-refractivity contribution in [1.82, 2.24) is 4.90 Å². The number of nitriles is 3. The van der Waals surface area contributed by atoms with Gasteiger partial charge >= 0.3 is 0 Å². The van der Waals surface area contributed by atoms with E-state index in [0.717, 1.165) is 23.3 Å². The molecule has 0 aromatic carbocycles. The average molecular weight is 338 g/mol. The van der Waals surface area contributed by atoms with Crippen LogP contribution in [-0.4, -0.2) is 19.0 Å². The largest absolute Gasteiger partial charge is 0.378 e. The Kier molecular flexibility index (Phi) is 6.33. The molecular weight excluding hydrogens is 320 g/mol. The van der Waals surface area contributed by atoms with Crippen LogP contribution in [0.15, 0.2) is 94.3 Å². The van der Waals surface area contributed by atoms with Gasteiger partial charge in [0.1, 0.15) is 23.8 Å². The normalized spacial score (nSPS) is 22.7. The van der Waals surface area contributed by atoms with Gasteiger partial charge in [-0.1, -0.05) is 42.5 Å². The van der Waals surface area contributed by atoms with Gasteiger partial charge in [0.2, 0.25) is 0 Å². The smallest absolute Gasteiger partial charge is 0.148 e. The minimum atomic E-state index is -0.168. The number of rotatable bonds is 3. The van der Waals surface area contributed by atoms with Gasteiger partial charge in [-0.15, -0.1) is 0 Å². The van der Waals surface area contributed by atoms with Crippen LogP contribution in [0.3, 0.4) is 0 Å². The molecule has 0 N–H and O–H groups in total. The number of likely N-dealkylation sites (N-methyl/N-ethyl adjacent to an activating group) is 1. The fraction of sp³-hybridized carbons (Fsp3) is 0.136. The second-order valence-corrected chi connectivity index (χ2v) is 5.88. The molecule has 2 aliphatic rings. The second kappa shape index (κ2) is 8.88. The van der Waals surface area contributed by atoms with Crippen LogP contribution in [0.2, 0.25) is 0 Å². The summed E-state index contributed by atoms with van der Waals surface area (Å²) in [6, 6.07) is 5.48. The van der Waals surface area contributed by atoms with E-state index in [4.69, 9.17) is 10.5 Å². The minimum absolute atomic E-state index is 0.108. The summed E-state index contributed by atoms with van der Waals surface area (Å²) < 4.78 is 0. The molecule has 26 heavy (non-hydrogen) atoms. The van der Waals surface area contributed by atoms with Gasteiger partial charge in [-0.25, -0.2) is 0 Å². The lowest BCUT2D eigenvalue weighted by atomic mass is 10.0. The molecule has 4 heteroatoms. The van der Waals surface area contributed by atoms with E-state index in [0.29, 0.717) is 5.57 Å². The Labute approximate surface area is 154 Å². The standard InChI is InChI=1S/C22H18N4/c1-26(2)21-6-4-3-5-17(10-12-21)7-8-18-9-11-19(13-18)22(16-25)20(14-23)15-24/h3-4,6-13H,5H2,1-2H3/b4-3-,12-10-,17-7+,18-8-,21-6+. The van der Waals surface area contributed by atoms with Crippen LogP contribution in [0.1, 0.15) is 6.42 Å². The molecule has 0 saturated heterocycles. The molecule has 0 spiro atoms. The van der Waals surface area contributed by atoms with E-state index < -0.39 is 0 Å². The molecule has 0 radical (unpaired) electrons. The summed E-state index contributed by atoms with van der Waals surface area (Å²) in [5, 5.41) is 27.1. The van der Waals surface area contributed by atoms with E-state index in [1.807, 2.05) is 44.5 Å². The molecule has 0 atom stereocenters. The van der Waals surface area contributed by atoms with E-state index in [1.54, 1.807) is 24.3 Å². The van der Waals surface area contributed by atoms with E-state index >= 15 is 0 Å². The molecule has 0 heterocycles. The summed E-state index contributed by atoms with van der Waals surface area (Å²) in [7, 11) is 4.01. The van der Waals surface area contributed by atoms with Crippen LogP contribution in [0.5, 0.6) is 0 Å². The first-order valence-electron chi connectivity index (χ1n) is 8.07. The van der Waals surface area contributed by atoms with Crippen molar-refractivity contribution < 1.29 is 0 Å². The Morgan fingerprint density at radius 1 is 1.00 bits per heavy atom. The van der Waals surface area contributed by atoms with Crippen molar-refractivity contribution in [3.05, 3.63) is 94.3 Å². The molecule has 0 aromatic rings. The zero-order valence-electron chi connectivity index (χ0n) is 14.8. The van der Waals surface area contributed by atoms with Crippen LogP contribution < -0.4 is 0 Å². The maximum absolute atomic E-state index is 9.22. The lowest BCUT2D eigenvalue weighted by Crippen LogP contribution is -2.09. The monoisotopic (exact) mass is 338 g/mol. The molecule has 0 fully saturated rings. The van der Waals surface area contributed by atoms with Gasteiger partial charge in [0.25, 0.3) is 0 Å². The van der Waals surface area contributed by atoms with Crippen molar-refractivity contribution in [1.29, 1.82) is 15.8 Å². The molecule has 0 bridgehead atoms. The van der Waals surface area contributed by atoms with Crippen LogP contribution in [-0.2, 0) is 0 Å². The summed E-state index contributed by atoms with van der Waals surface area (Å²) in [5.74, 6) is 0. The maximum atomic E-state index is 9.22. The predicted octanol–water partition coefficient (Wildman–Crippen LogP) is 4.16. The van der Waals surface area contributed by atoms with E-state index in [2.05, 4.69) is 29.2 Å². The number of hydrogen-bond donors (Lipinski definition) is 0. The fourth-order valence-corrected chi connectivity index (χ4v) is 2.43. The minimum Gasteiger partial charge on any atom is -0.378 e. The third-order valence-corrected chi connectivity index (χ3v) is 3.88. The number of nitrogens with zero attached hydrogens (tertiary/aromatic N) is 4. The molecular formula is C22H18N4. The van der Waals surface area contributed by atoms with Crippen LogP contribution >= 0.6 is 0 Å². The molecule has 0 aliphatic heterocycles. The van der Waals surface area contributed by atoms with Crippen molar-refractivity contribution in [3.8, 4) is 18.2 Å². The van der Waals surface area contributed by atoms with Crippen molar-refractivity contribution in [2.24, 2.45) is 0 Å². The van der Waals surface area contributed by atoms with Gasteiger partial charge in [-0.3, -0.25) is 0 Å². The molecule has 4 nitrogen and oxygen atoms in total. The van der Waals surface area contributed by atoms with E-state index in [-0.39, 0.29) is 11.1 Å². The predicted molar refractivity (Wildman–Crippen MR) is 102 cm³/mol. The Morgan fingerprint density at radius 3 is 2.42 bits per heavy atom. The van der Waals surface area contributed by atoms with E-state index in [1.165, 1.54) is 0 Å². The first-order chi connectivity index (χ1) is 12.6. The van der Waals surface area contributed by atoms with Gasteiger partial charge in [-0.05, 0) is 41.4 Å². The first-order valence-corrected chi connectivity index (χ1v) is 8.07. The van der Waals surface area contributed by atoms with Crippen LogP contribution in [0.25, 0.3) is 0 Å². The summed E-state index contributed by atoms with van der Waals surface area (Å²) >= 11 is 0. The summed E-state index contributed by atoms with van der Waals surface area (Å²) in [6.45, 7) is 0. The third kappa shape index (κ3) is 4.60. The zero-order chi connectivity index (χ0) is 18.9. The van der Waals surface area contributed by atoms with Gasteiger partial charge in [0.15, 0.2) is 0 Å². The zero-order valence-corrected chi connectivity index (χ0v) is 14.8. The van der Waals surface area contributed by atoms with Gasteiger partial charge in [0, 0.05) is 19.8 Å². The van der Waals surface area contributed by atoms with Crippen LogP contribution in [0, 0.1) is 34.0 Å². The summed E-state index contributed by atoms with van der Waals surface area (Å²) in [4.78, 5) is 2.05. The van der Waals surface area contributed by atoms with Gasteiger partial charge in [0.05, 0.1) is 5.57 Å². The van der Waals surface area contributed by atoms with Crippen molar-refractivity contribution in [2.45, 2.75) is 6.42 Å². The highest BCUT2D eigenvalue weighted by molar-refractivity contribution is 5.64. The average Bonchev–Trinajstić information content (AvgIpc) is 3.07. The van der Waals surface area contributed by atoms with Crippen molar-refractivity contribution in [2.75, 3.05) is 14.1 Å². The number of hydrogen-bond acceptors (Lipinski definition) is 4. The lowest BCUT2D eigenvalue weighted by Gasteiger charge is -2.14. The Balaban J connectivity index is 2.27. The highest BCUT2D eigenvalue weighted by atomic mass is 15.1. The Morgan fingerprint density at radius 2 is 1.77 bits per heavy atom. The third-order valence-electron chi connectivity index (χ3n) is 3.88. The molecule has 0 unspecified atom stereocenters. The summed E-state index contributed by atoms with van der Waals surface area (Å²) in [5.41, 5.74) is 3.71. The molecule has 2 rings (SSSR count). The fourth-order valence-electron chi connectivity index (χ4n) is 2.43. The lowest BCUT2D eigenvalue weighted by molar-refractivity contribution is 0.530.